The van der Waals surface area contributed by atoms with E-state index in [1.54, 1.807) is 0 Å². The summed E-state index contributed by atoms with van der Waals surface area (Å²) in [5.41, 5.74) is 0.234. The third-order valence-electron chi connectivity index (χ3n) is 1.70. The molecule has 1 atom stereocenters. The predicted molar refractivity (Wildman–Crippen MR) is 48.8 cm³/mol. The van der Waals surface area contributed by atoms with Gasteiger partial charge in [-0.05, 0) is 24.6 Å². The van der Waals surface area contributed by atoms with Gasteiger partial charge in [-0.3, -0.25) is 0 Å². The molecule has 0 saturated heterocycles. The molecular weight excluding hydrogens is 245 g/mol. The van der Waals surface area contributed by atoms with Crippen LogP contribution in [0.5, 0.6) is 0 Å². The van der Waals surface area contributed by atoms with Crippen LogP contribution in [-0.4, -0.2) is 0 Å². The summed E-state index contributed by atoms with van der Waals surface area (Å²) >= 11 is 3.28. The Hall–Kier alpha value is -0.510. The fourth-order valence-corrected chi connectivity index (χ4v) is 1.24. The Morgan fingerprint density at radius 2 is 1.62 bits per heavy atom. The Bertz CT molecular complexity index is 274. The first-order valence-corrected chi connectivity index (χ1v) is 4.64. The molecule has 13 heavy (non-hydrogen) atoms. The summed E-state index contributed by atoms with van der Waals surface area (Å²) < 4.78 is 36.3. The molecule has 0 spiro atoms. The quantitative estimate of drug-likeness (QED) is 0.659. The molecule has 0 aliphatic heterocycles. The van der Waals surface area contributed by atoms with Crippen molar-refractivity contribution in [2.45, 2.75) is 17.9 Å². The number of halogens is 4. The van der Waals surface area contributed by atoms with Gasteiger partial charge in [0.05, 0.1) is 5.56 Å². The van der Waals surface area contributed by atoms with Crippen molar-refractivity contribution in [3.63, 3.8) is 0 Å². The molecule has 0 saturated carbocycles. The van der Waals surface area contributed by atoms with Crippen molar-refractivity contribution in [3.8, 4) is 0 Å². The van der Waals surface area contributed by atoms with Crippen LogP contribution < -0.4 is 0 Å². The van der Waals surface area contributed by atoms with Crippen LogP contribution in [0.2, 0.25) is 0 Å². The van der Waals surface area contributed by atoms with Gasteiger partial charge in [-0.15, -0.1) is 0 Å². The minimum Gasteiger partial charge on any atom is -0.166 e. The van der Waals surface area contributed by atoms with Crippen molar-refractivity contribution < 1.29 is 13.2 Å². The van der Waals surface area contributed by atoms with Crippen LogP contribution in [0.15, 0.2) is 24.3 Å². The summed E-state index contributed by atoms with van der Waals surface area (Å²) in [6.45, 7) is 1.86. The van der Waals surface area contributed by atoms with Crippen molar-refractivity contribution in [1.82, 2.24) is 0 Å². The number of alkyl halides is 4. The van der Waals surface area contributed by atoms with Gasteiger partial charge >= 0.3 is 6.18 Å². The lowest BCUT2D eigenvalue weighted by Gasteiger charge is -2.08. The van der Waals surface area contributed by atoms with E-state index < -0.39 is 11.7 Å². The zero-order chi connectivity index (χ0) is 10.1. The molecule has 0 N–H and O–H groups in total. The average molecular weight is 253 g/mol. The first kappa shape index (κ1) is 10.6. The summed E-state index contributed by atoms with van der Waals surface area (Å²) in [6.07, 6.45) is -4.24. The van der Waals surface area contributed by atoms with E-state index in [2.05, 4.69) is 15.9 Å². The third kappa shape index (κ3) is 2.72. The monoisotopic (exact) mass is 252 g/mol. The van der Waals surface area contributed by atoms with Crippen LogP contribution in [0.1, 0.15) is 22.9 Å². The van der Waals surface area contributed by atoms with Gasteiger partial charge in [0.15, 0.2) is 0 Å². The van der Waals surface area contributed by atoms with E-state index in [-0.39, 0.29) is 4.83 Å². The number of hydrogen-bond acceptors (Lipinski definition) is 0. The largest absolute Gasteiger partial charge is 0.416 e. The second kappa shape index (κ2) is 3.70. The molecule has 1 aromatic carbocycles. The lowest BCUT2D eigenvalue weighted by Crippen LogP contribution is -2.04. The van der Waals surface area contributed by atoms with Gasteiger partial charge < -0.3 is 0 Å². The molecular formula is C9H8BrF3. The molecule has 0 amide bonds. The Balaban J connectivity index is 2.94. The van der Waals surface area contributed by atoms with Gasteiger partial charge in [-0.2, -0.15) is 13.2 Å². The first-order chi connectivity index (χ1) is 5.91. The molecule has 0 nitrogen and oxygen atoms in total. The minimum atomic E-state index is -4.24. The van der Waals surface area contributed by atoms with Gasteiger partial charge in [0.1, 0.15) is 0 Å². The molecule has 1 aromatic rings. The second-order valence-corrected chi connectivity index (χ2v) is 4.11. The van der Waals surface area contributed by atoms with Crippen LogP contribution >= 0.6 is 15.9 Å². The van der Waals surface area contributed by atoms with E-state index >= 15 is 0 Å². The van der Waals surface area contributed by atoms with Crippen LogP contribution in [-0.2, 0) is 6.18 Å². The van der Waals surface area contributed by atoms with Crippen molar-refractivity contribution in [2.75, 3.05) is 0 Å². The molecule has 0 heterocycles. The molecule has 72 valence electrons. The van der Waals surface area contributed by atoms with Crippen molar-refractivity contribution in [3.05, 3.63) is 35.4 Å². The van der Waals surface area contributed by atoms with Crippen LogP contribution in [0.25, 0.3) is 0 Å². The van der Waals surface area contributed by atoms with Crippen molar-refractivity contribution >= 4 is 15.9 Å². The highest BCUT2D eigenvalue weighted by Crippen LogP contribution is 2.30. The van der Waals surface area contributed by atoms with Crippen LogP contribution in [0.3, 0.4) is 0 Å². The van der Waals surface area contributed by atoms with E-state index in [4.69, 9.17) is 0 Å². The van der Waals surface area contributed by atoms with Crippen LogP contribution in [0.4, 0.5) is 13.2 Å². The standard InChI is InChI=1S/C9H8BrF3/c1-6(10)7-2-4-8(5-3-7)9(11,12)13/h2-6H,1H3/t6-/m0/s1. The molecule has 0 aliphatic rings. The lowest BCUT2D eigenvalue weighted by atomic mass is 10.1. The zero-order valence-electron chi connectivity index (χ0n) is 6.90. The summed E-state index contributed by atoms with van der Waals surface area (Å²) in [5, 5.41) is 0. The SMILES string of the molecule is C[C@H](Br)c1ccc(C(F)(F)F)cc1. The molecule has 0 aliphatic carbocycles. The van der Waals surface area contributed by atoms with Gasteiger partial charge in [0, 0.05) is 4.83 Å². The Morgan fingerprint density at radius 1 is 1.15 bits per heavy atom. The highest BCUT2D eigenvalue weighted by Gasteiger charge is 2.29. The van der Waals surface area contributed by atoms with Gasteiger partial charge in [0.2, 0.25) is 0 Å². The first-order valence-electron chi connectivity index (χ1n) is 3.72. The summed E-state index contributed by atoms with van der Waals surface area (Å²) in [5.74, 6) is 0. The third-order valence-corrected chi connectivity index (χ3v) is 2.23. The van der Waals surface area contributed by atoms with E-state index in [0.717, 1.165) is 17.7 Å². The fourth-order valence-electron chi connectivity index (χ4n) is 0.937. The maximum Gasteiger partial charge on any atom is 0.416 e. The fraction of sp³-hybridized carbons (Fsp3) is 0.333. The molecule has 0 bridgehead atoms. The Morgan fingerprint density at radius 3 is 1.92 bits per heavy atom. The zero-order valence-corrected chi connectivity index (χ0v) is 8.48. The maximum atomic E-state index is 12.1. The highest BCUT2D eigenvalue weighted by molar-refractivity contribution is 9.09. The summed E-state index contributed by atoms with van der Waals surface area (Å²) in [4.78, 5) is 0.0785. The molecule has 0 radical (unpaired) electrons. The smallest absolute Gasteiger partial charge is 0.166 e. The van der Waals surface area contributed by atoms with E-state index in [1.807, 2.05) is 6.92 Å². The average Bonchev–Trinajstić information content (AvgIpc) is 2.03. The summed E-state index contributed by atoms with van der Waals surface area (Å²) in [7, 11) is 0. The molecule has 0 unspecified atom stereocenters. The summed E-state index contributed by atoms with van der Waals surface area (Å²) in [6, 6.07) is 5.13. The van der Waals surface area contributed by atoms with E-state index in [1.165, 1.54) is 12.1 Å². The van der Waals surface area contributed by atoms with E-state index in [9.17, 15) is 13.2 Å². The van der Waals surface area contributed by atoms with Gasteiger partial charge in [0.25, 0.3) is 0 Å². The minimum absolute atomic E-state index is 0.0785. The topological polar surface area (TPSA) is 0 Å². The maximum absolute atomic E-state index is 12.1. The molecule has 0 aromatic heterocycles. The predicted octanol–water partition coefficient (Wildman–Crippen LogP) is 4.16. The molecule has 4 heteroatoms. The normalized spacial score (nSPS) is 14.2. The number of rotatable bonds is 1. The van der Waals surface area contributed by atoms with Crippen molar-refractivity contribution in [2.24, 2.45) is 0 Å². The number of benzene rings is 1. The second-order valence-electron chi connectivity index (χ2n) is 2.74. The Kier molecular flexibility index (Phi) is 3.01. The molecule has 0 fully saturated rings. The number of hydrogen-bond donors (Lipinski definition) is 0. The molecule has 1 rings (SSSR count). The Labute approximate surface area is 82.9 Å². The van der Waals surface area contributed by atoms with Crippen molar-refractivity contribution in [1.29, 1.82) is 0 Å². The highest BCUT2D eigenvalue weighted by atomic mass is 79.9. The van der Waals surface area contributed by atoms with Gasteiger partial charge in [-0.25, -0.2) is 0 Å². The lowest BCUT2D eigenvalue weighted by molar-refractivity contribution is -0.137. The van der Waals surface area contributed by atoms with Crippen LogP contribution in [0, 0.1) is 0 Å². The van der Waals surface area contributed by atoms with E-state index in [0.29, 0.717) is 0 Å². The van der Waals surface area contributed by atoms with Gasteiger partial charge in [-0.1, -0.05) is 28.1 Å².